The fourth-order valence-electron chi connectivity index (χ4n) is 2.94. The molecule has 0 saturated heterocycles. The zero-order chi connectivity index (χ0) is 13.7. The Hall–Kier alpha value is -1.16. The van der Waals surface area contributed by atoms with Gasteiger partial charge < -0.3 is 10.2 Å². The quantitative estimate of drug-likeness (QED) is 0.885. The van der Waals surface area contributed by atoms with Crippen LogP contribution in [0.5, 0.6) is 0 Å². The minimum atomic E-state index is 0.609. The average Bonchev–Trinajstić information content (AvgIpc) is 2.45. The van der Waals surface area contributed by atoms with Crippen LogP contribution >= 0.6 is 0 Å². The molecule has 106 valence electrons. The van der Waals surface area contributed by atoms with Crippen LogP contribution in [0.2, 0.25) is 0 Å². The van der Waals surface area contributed by atoms with Crippen molar-refractivity contribution in [3.05, 3.63) is 18.1 Å². The highest BCUT2D eigenvalue weighted by Crippen LogP contribution is 2.29. The van der Waals surface area contributed by atoms with Gasteiger partial charge in [-0.3, -0.25) is 4.98 Å². The maximum Gasteiger partial charge on any atom is 0.147 e. The molecular weight excluding hydrogens is 236 g/mol. The summed E-state index contributed by atoms with van der Waals surface area (Å²) in [4.78, 5) is 11.4. The number of aromatic nitrogens is 2. The van der Waals surface area contributed by atoms with Crippen LogP contribution in [0.3, 0.4) is 0 Å². The van der Waals surface area contributed by atoms with Gasteiger partial charge in [0.1, 0.15) is 5.82 Å². The second-order valence-corrected chi connectivity index (χ2v) is 5.59. The molecule has 1 N–H and O–H groups in total. The minimum Gasteiger partial charge on any atom is -0.355 e. The van der Waals surface area contributed by atoms with Gasteiger partial charge in [-0.25, -0.2) is 4.98 Å². The van der Waals surface area contributed by atoms with Crippen molar-refractivity contribution in [1.29, 1.82) is 0 Å². The van der Waals surface area contributed by atoms with Crippen molar-refractivity contribution < 1.29 is 0 Å². The molecule has 19 heavy (non-hydrogen) atoms. The van der Waals surface area contributed by atoms with E-state index in [1.165, 1.54) is 25.7 Å². The van der Waals surface area contributed by atoms with E-state index >= 15 is 0 Å². The van der Waals surface area contributed by atoms with Gasteiger partial charge in [0, 0.05) is 25.8 Å². The SMILES string of the molecule is CCNCc1cncc(N(C)C2CCCCC2C)n1. The van der Waals surface area contributed by atoms with Gasteiger partial charge in [-0.15, -0.1) is 0 Å². The fraction of sp³-hybridized carbons (Fsp3) is 0.733. The molecule has 4 nitrogen and oxygen atoms in total. The van der Waals surface area contributed by atoms with Crippen LogP contribution in [-0.2, 0) is 6.54 Å². The zero-order valence-corrected chi connectivity index (χ0v) is 12.4. The van der Waals surface area contributed by atoms with Crippen LogP contribution < -0.4 is 10.2 Å². The lowest BCUT2D eigenvalue weighted by Crippen LogP contribution is -2.39. The van der Waals surface area contributed by atoms with Gasteiger partial charge in [0.25, 0.3) is 0 Å². The van der Waals surface area contributed by atoms with Crippen molar-refractivity contribution in [1.82, 2.24) is 15.3 Å². The molecule has 1 saturated carbocycles. The molecule has 1 aliphatic rings. The van der Waals surface area contributed by atoms with Crippen molar-refractivity contribution in [2.24, 2.45) is 5.92 Å². The minimum absolute atomic E-state index is 0.609. The lowest BCUT2D eigenvalue weighted by molar-refractivity contribution is 0.320. The highest BCUT2D eigenvalue weighted by atomic mass is 15.2. The molecule has 1 fully saturated rings. The highest BCUT2D eigenvalue weighted by molar-refractivity contribution is 5.37. The van der Waals surface area contributed by atoms with Crippen LogP contribution in [-0.4, -0.2) is 29.6 Å². The van der Waals surface area contributed by atoms with Crippen molar-refractivity contribution in [3.8, 4) is 0 Å². The molecule has 1 aromatic heterocycles. The molecule has 0 spiro atoms. The lowest BCUT2D eigenvalue weighted by Gasteiger charge is -2.36. The van der Waals surface area contributed by atoms with Gasteiger partial charge in [-0.2, -0.15) is 0 Å². The normalized spacial score (nSPS) is 23.3. The van der Waals surface area contributed by atoms with Crippen LogP contribution in [0.15, 0.2) is 12.4 Å². The Balaban J connectivity index is 2.07. The molecule has 0 aliphatic heterocycles. The van der Waals surface area contributed by atoms with Gasteiger partial charge in [-0.1, -0.05) is 26.7 Å². The molecule has 2 rings (SSSR count). The highest BCUT2D eigenvalue weighted by Gasteiger charge is 2.25. The Morgan fingerprint density at radius 1 is 1.32 bits per heavy atom. The fourth-order valence-corrected chi connectivity index (χ4v) is 2.94. The Morgan fingerprint density at radius 2 is 2.11 bits per heavy atom. The number of hydrogen-bond donors (Lipinski definition) is 1. The first-order valence-corrected chi connectivity index (χ1v) is 7.46. The van der Waals surface area contributed by atoms with E-state index in [2.05, 4.69) is 36.1 Å². The third-order valence-corrected chi connectivity index (χ3v) is 4.15. The average molecular weight is 262 g/mol. The first kappa shape index (κ1) is 14.3. The van der Waals surface area contributed by atoms with Gasteiger partial charge in [0.15, 0.2) is 0 Å². The Kier molecular flexibility index (Phi) is 5.14. The maximum absolute atomic E-state index is 4.72. The zero-order valence-electron chi connectivity index (χ0n) is 12.4. The van der Waals surface area contributed by atoms with Gasteiger partial charge >= 0.3 is 0 Å². The molecule has 4 heteroatoms. The van der Waals surface area contributed by atoms with E-state index in [-0.39, 0.29) is 0 Å². The lowest BCUT2D eigenvalue weighted by atomic mass is 9.85. The van der Waals surface area contributed by atoms with E-state index in [0.717, 1.165) is 30.5 Å². The van der Waals surface area contributed by atoms with Crippen molar-refractivity contribution in [2.75, 3.05) is 18.5 Å². The van der Waals surface area contributed by atoms with Crippen LogP contribution in [0, 0.1) is 5.92 Å². The summed E-state index contributed by atoms with van der Waals surface area (Å²) < 4.78 is 0. The predicted molar refractivity (Wildman–Crippen MR) is 79.2 cm³/mol. The first-order chi connectivity index (χ1) is 9.22. The summed E-state index contributed by atoms with van der Waals surface area (Å²) >= 11 is 0. The number of rotatable bonds is 5. The van der Waals surface area contributed by atoms with Crippen molar-refractivity contribution >= 4 is 5.82 Å². The number of hydrogen-bond acceptors (Lipinski definition) is 4. The van der Waals surface area contributed by atoms with E-state index in [1.807, 2.05) is 12.4 Å². The summed E-state index contributed by atoms with van der Waals surface area (Å²) in [6.07, 6.45) is 9.05. The smallest absolute Gasteiger partial charge is 0.147 e. The number of nitrogens with one attached hydrogen (secondary N) is 1. The summed E-state index contributed by atoms with van der Waals surface area (Å²) in [5, 5.41) is 3.30. The van der Waals surface area contributed by atoms with Gasteiger partial charge in [0.2, 0.25) is 0 Å². The number of anilines is 1. The van der Waals surface area contributed by atoms with E-state index in [0.29, 0.717) is 6.04 Å². The predicted octanol–water partition coefficient (Wildman–Crippen LogP) is 2.60. The van der Waals surface area contributed by atoms with E-state index in [1.54, 1.807) is 0 Å². The molecule has 0 radical (unpaired) electrons. The Morgan fingerprint density at radius 3 is 2.84 bits per heavy atom. The van der Waals surface area contributed by atoms with E-state index < -0.39 is 0 Å². The molecule has 1 heterocycles. The van der Waals surface area contributed by atoms with Gasteiger partial charge in [0.05, 0.1) is 11.9 Å². The summed E-state index contributed by atoms with van der Waals surface area (Å²) in [6, 6.07) is 0.609. The summed E-state index contributed by atoms with van der Waals surface area (Å²) in [7, 11) is 2.16. The molecule has 2 unspecified atom stereocenters. The van der Waals surface area contributed by atoms with Crippen LogP contribution in [0.4, 0.5) is 5.82 Å². The summed E-state index contributed by atoms with van der Waals surface area (Å²) in [5.41, 5.74) is 1.02. The van der Waals surface area contributed by atoms with Crippen LogP contribution in [0.25, 0.3) is 0 Å². The largest absolute Gasteiger partial charge is 0.355 e. The van der Waals surface area contributed by atoms with Gasteiger partial charge in [-0.05, 0) is 25.3 Å². The van der Waals surface area contributed by atoms with Crippen LogP contribution in [0.1, 0.15) is 45.2 Å². The Bertz CT molecular complexity index is 393. The first-order valence-electron chi connectivity index (χ1n) is 7.46. The standard InChI is InChI=1S/C15H26N4/c1-4-16-9-13-10-17-11-15(18-13)19(3)14-8-6-5-7-12(14)2/h10-12,14,16H,4-9H2,1-3H3. The van der Waals surface area contributed by atoms with Crippen molar-refractivity contribution in [2.45, 2.75) is 52.1 Å². The summed E-state index contributed by atoms with van der Waals surface area (Å²) in [6.45, 7) is 6.22. The monoisotopic (exact) mass is 262 g/mol. The number of nitrogens with zero attached hydrogens (tertiary/aromatic N) is 3. The second-order valence-electron chi connectivity index (χ2n) is 5.59. The van der Waals surface area contributed by atoms with Crippen molar-refractivity contribution in [3.63, 3.8) is 0 Å². The van der Waals surface area contributed by atoms with E-state index in [4.69, 9.17) is 4.98 Å². The molecular formula is C15H26N4. The Labute approximate surface area is 116 Å². The summed E-state index contributed by atoms with van der Waals surface area (Å²) in [5.74, 6) is 1.76. The molecule has 0 amide bonds. The third kappa shape index (κ3) is 3.66. The molecule has 0 bridgehead atoms. The maximum atomic E-state index is 4.72. The topological polar surface area (TPSA) is 41.1 Å². The van der Waals surface area contributed by atoms with E-state index in [9.17, 15) is 0 Å². The molecule has 2 atom stereocenters. The second kappa shape index (κ2) is 6.85. The molecule has 0 aromatic carbocycles. The third-order valence-electron chi connectivity index (χ3n) is 4.15. The molecule has 1 aliphatic carbocycles. The molecule has 1 aromatic rings.